The number of benzene rings is 2. The molecule has 1 spiro atoms. The molecule has 1 saturated heterocycles. The van der Waals surface area contributed by atoms with Crippen molar-refractivity contribution in [2.75, 3.05) is 13.1 Å². The van der Waals surface area contributed by atoms with E-state index in [0.717, 1.165) is 0 Å². The average Bonchev–Trinajstić information content (AvgIpc) is 2.85. The van der Waals surface area contributed by atoms with Gasteiger partial charge < -0.3 is 5.32 Å². The number of nitrogens with one attached hydrogen (secondary N) is 1. The van der Waals surface area contributed by atoms with Crippen LogP contribution >= 0.6 is 0 Å². The first kappa shape index (κ1) is 12.2. The van der Waals surface area contributed by atoms with Crippen LogP contribution in [0, 0.1) is 5.41 Å². The van der Waals surface area contributed by atoms with E-state index in [1.807, 2.05) is 0 Å². The van der Waals surface area contributed by atoms with Crippen LogP contribution in [0.15, 0.2) is 48.5 Å². The van der Waals surface area contributed by atoms with Gasteiger partial charge in [-0.15, -0.1) is 0 Å². The van der Waals surface area contributed by atoms with Crippen LogP contribution in [-0.4, -0.2) is 13.1 Å². The highest BCUT2D eigenvalue weighted by atomic mass is 14.9. The lowest BCUT2D eigenvalue weighted by molar-refractivity contribution is 0.216. The molecule has 1 aliphatic heterocycles. The van der Waals surface area contributed by atoms with E-state index in [2.05, 4.69) is 53.8 Å². The van der Waals surface area contributed by atoms with Crippen molar-refractivity contribution < 1.29 is 0 Å². The Kier molecular flexibility index (Phi) is 2.89. The molecule has 2 aliphatic rings. The minimum absolute atomic E-state index is 0.558. The van der Waals surface area contributed by atoms with Gasteiger partial charge in [0.15, 0.2) is 0 Å². The van der Waals surface area contributed by atoms with Crippen molar-refractivity contribution in [1.29, 1.82) is 0 Å². The second-order valence-electron chi connectivity index (χ2n) is 6.45. The van der Waals surface area contributed by atoms with Gasteiger partial charge >= 0.3 is 0 Å². The molecule has 0 saturated carbocycles. The standard InChI is InChI=1S/C19H21N/c1-2-4-15(5-3-1)16-6-7-17-13-19(14-18(17)12-16)8-10-20-11-9-19/h1-7,12,20H,8-11,13-14H2. The molecule has 4 rings (SSSR count). The first-order valence-electron chi connectivity index (χ1n) is 7.73. The summed E-state index contributed by atoms with van der Waals surface area (Å²) in [4.78, 5) is 0. The Bertz CT molecular complexity index is 609. The van der Waals surface area contributed by atoms with Crippen molar-refractivity contribution in [3.63, 3.8) is 0 Å². The summed E-state index contributed by atoms with van der Waals surface area (Å²) in [5, 5.41) is 3.50. The summed E-state index contributed by atoms with van der Waals surface area (Å²) in [5.41, 5.74) is 6.44. The fraction of sp³-hybridized carbons (Fsp3) is 0.368. The van der Waals surface area contributed by atoms with Crippen LogP contribution in [-0.2, 0) is 12.8 Å². The van der Waals surface area contributed by atoms with Gasteiger partial charge in [0.1, 0.15) is 0 Å². The molecule has 1 heteroatoms. The van der Waals surface area contributed by atoms with E-state index < -0.39 is 0 Å². The molecule has 2 aromatic rings. The maximum atomic E-state index is 3.50. The number of hydrogen-bond donors (Lipinski definition) is 1. The molecule has 2 aromatic carbocycles. The number of fused-ring (bicyclic) bond motifs is 1. The summed E-state index contributed by atoms with van der Waals surface area (Å²) < 4.78 is 0. The van der Waals surface area contributed by atoms with Gasteiger partial charge in [0.2, 0.25) is 0 Å². The van der Waals surface area contributed by atoms with E-state index in [0.29, 0.717) is 5.41 Å². The van der Waals surface area contributed by atoms with Crippen LogP contribution in [0.1, 0.15) is 24.0 Å². The maximum Gasteiger partial charge on any atom is -0.00434 e. The summed E-state index contributed by atoms with van der Waals surface area (Å²) in [7, 11) is 0. The summed E-state index contributed by atoms with van der Waals surface area (Å²) in [6.07, 6.45) is 5.24. The number of piperidine rings is 1. The molecular formula is C19H21N. The van der Waals surface area contributed by atoms with Gasteiger partial charge in [0.05, 0.1) is 0 Å². The lowest BCUT2D eigenvalue weighted by atomic mass is 9.76. The first-order chi connectivity index (χ1) is 9.85. The Morgan fingerprint density at radius 3 is 2.30 bits per heavy atom. The molecule has 0 radical (unpaired) electrons. The minimum Gasteiger partial charge on any atom is -0.317 e. The molecular weight excluding hydrogens is 242 g/mol. The van der Waals surface area contributed by atoms with Crippen LogP contribution in [0.4, 0.5) is 0 Å². The molecule has 1 heterocycles. The number of rotatable bonds is 1. The highest BCUT2D eigenvalue weighted by Crippen LogP contribution is 2.44. The molecule has 0 aromatic heterocycles. The molecule has 1 nitrogen and oxygen atoms in total. The monoisotopic (exact) mass is 263 g/mol. The Morgan fingerprint density at radius 1 is 0.750 bits per heavy atom. The molecule has 0 unspecified atom stereocenters. The second-order valence-corrected chi connectivity index (χ2v) is 6.45. The molecule has 102 valence electrons. The van der Waals surface area contributed by atoms with Gasteiger partial charge in [-0.1, -0.05) is 48.5 Å². The molecule has 0 amide bonds. The molecule has 0 atom stereocenters. The SMILES string of the molecule is c1ccc(-c2ccc3c(c2)CC2(CCNCC2)C3)cc1. The van der Waals surface area contributed by atoms with E-state index in [1.165, 1.54) is 49.9 Å². The van der Waals surface area contributed by atoms with E-state index in [4.69, 9.17) is 0 Å². The summed E-state index contributed by atoms with van der Waals surface area (Å²) in [5.74, 6) is 0. The van der Waals surface area contributed by atoms with Gasteiger partial charge in [-0.05, 0) is 66.4 Å². The van der Waals surface area contributed by atoms with E-state index in [1.54, 1.807) is 11.1 Å². The highest BCUT2D eigenvalue weighted by Gasteiger charge is 2.37. The lowest BCUT2D eigenvalue weighted by Crippen LogP contribution is -2.37. The normalized spacial score (nSPS) is 20.0. The van der Waals surface area contributed by atoms with E-state index in [9.17, 15) is 0 Å². The fourth-order valence-electron chi connectivity index (χ4n) is 3.95. The van der Waals surface area contributed by atoms with Gasteiger partial charge in [0, 0.05) is 0 Å². The highest BCUT2D eigenvalue weighted by molar-refractivity contribution is 5.65. The zero-order chi connectivity index (χ0) is 13.4. The maximum absolute atomic E-state index is 3.50. The van der Waals surface area contributed by atoms with Crippen LogP contribution < -0.4 is 5.32 Å². The quantitative estimate of drug-likeness (QED) is 0.824. The predicted octanol–water partition coefficient (Wildman–Crippen LogP) is 3.82. The minimum atomic E-state index is 0.558. The Hall–Kier alpha value is -1.60. The predicted molar refractivity (Wildman–Crippen MR) is 83.8 cm³/mol. The van der Waals surface area contributed by atoms with Gasteiger partial charge in [0.25, 0.3) is 0 Å². The Labute approximate surface area is 121 Å². The third-order valence-electron chi connectivity index (χ3n) is 5.11. The lowest BCUT2D eigenvalue weighted by Gasteiger charge is -2.33. The van der Waals surface area contributed by atoms with Crippen LogP contribution in [0.2, 0.25) is 0 Å². The summed E-state index contributed by atoms with van der Waals surface area (Å²) in [6.45, 7) is 2.39. The largest absolute Gasteiger partial charge is 0.317 e. The van der Waals surface area contributed by atoms with Gasteiger partial charge in [-0.2, -0.15) is 0 Å². The van der Waals surface area contributed by atoms with Crippen molar-refractivity contribution in [3.8, 4) is 11.1 Å². The molecule has 1 fully saturated rings. The first-order valence-corrected chi connectivity index (χ1v) is 7.73. The average molecular weight is 263 g/mol. The fourth-order valence-corrected chi connectivity index (χ4v) is 3.95. The molecule has 1 N–H and O–H groups in total. The van der Waals surface area contributed by atoms with Gasteiger partial charge in [-0.3, -0.25) is 0 Å². The summed E-state index contributed by atoms with van der Waals surface area (Å²) in [6, 6.07) is 17.8. The summed E-state index contributed by atoms with van der Waals surface area (Å²) >= 11 is 0. The van der Waals surface area contributed by atoms with Crippen molar-refractivity contribution >= 4 is 0 Å². The van der Waals surface area contributed by atoms with E-state index >= 15 is 0 Å². The third-order valence-corrected chi connectivity index (χ3v) is 5.11. The van der Waals surface area contributed by atoms with Crippen molar-refractivity contribution in [1.82, 2.24) is 5.32 Å². The van der Waals surface area contributed by atoms with Crippen molar-refractivity contribution in [3.05, 3.63) is 59.7 Å². The molecule has 20 heavy (non-hydrogen) atoms. The second kappa shape index (κ2) is 4.75. The van der Waals surface area contributed by atoms with E-state index in [-0.39, 0.29) is 0 Å². The third kappa shape index (κ3) is 2.06. The topological polar surface area (TPSA) is 12.0 Å². The molecule has 0 bridgehead atoms. The Balaban J connectivity index is 1.66. The smallest absolute Gasteiger partial charge is 0.00434 e. The zero-order valence-corrected chi connectivity index (χ0v) is 11.9. The van der Waals surface area contributed by atoms with Crippen LogP contribution in [0.5, 0.6) is 0 Å². The van der Waals surface area contributed by atoms with Crippen LogP contribution in [0.3, 0.4) is 0 Å². The number of hydrogen-bond acceptors (Lipinski definition) is 1. The Morgan fingerprint density at radius 2 is 1.50 bits per heavy atom. The van der Waals surface area contributed by atoms with Crippen molar-refractivity contribution in [2.24, 2.45) is 5.41 Å². The zero-order valence-electron chi connectivity index (χ0n) is 11.9. The van der Waals surface area contributed by atoms with Crippen molar-refractivity contribution in [2.45, 2.75) is 25.7 Å². The van der Waals surface area contributed by atoms with Crippen LogP contribution in [0.25, 0.3) is 11.1 Å². The molecule has 1 aliphatic carbocycles. The van der Waals surface area contributed by atoms with Gasteiger partial charge in [-0.25, -0.2) is 0 Å².